The number of benzene rings is 1. The lowest BCUT2D eigenvalue weighted by atomic mass is 10.2. The molecular weight excluding hydrogens is 211 g/mol. The van der Waals surface area contributed by atoms with Crippen LogP contribution >= 0.6 is 0 Å². The van der Waals surface area contributed by atoms with Crippen LogP contribution in [0.4, 0.5) is 4.39 Å². The first-order chi connectivity index (χ1) is 7.65. The molecule has 0 aliphatic heterocycles. The van der Waals surface area contributed by atoms with Crippen molar-refractivity contribution in [3.63, 3.8) is 0 Å². The fraction of sp³-hybridized carbons (Fsp3) is 0.273. The summed E-state index contributed by atoms with van der Waals surface area (Å²) >= 11 is 0. The van der Waals surface area contributed by atoms with Crippen LogP contribution in [0.3, 0.4) is 0 Å². The number of rotatable bonds is 3. The molecule has 5 heteroatoms. The summed E-state index contributed by atoms with van der Waals surface area (Å²) in [5.74, 6) is 1.23. The van der Waals surface area contributed by atoms with Crippen molar-refractivity contribution >= 4 is 0 Å². The third-order valence-corrected chi connectivity index (χ3v) is 2.06. The Morgan fingerprint density at radius 1 is 1.31 bits per heavy atom. The zero-order valence-electron chi connectivity index (χ0n) is 9.03. The first-order valence-electron chi connectivity index (χ1n) is 4.83. The normalized spacial score (nSPS) is 10.4. The molecule has 0 aliphatic rings. The van der Waals surface area contributed by atoms with E-state index in [0.29, 0.717) is 23.1 Å². The molecule has 0 saturated heterocycles. The molecule has 0 N–H and O–H groups in total. The van der Waals surface area contributed by atoms with Crippen LogP contribution < -0.4 is 4.74 Å². The van der Waals surface area contributed by atoms with Crippen molar-refractivity contribution in [2.24, 2.45) is 0 Å². The number of ether oxygens (including phenoxy) is 1. The monoisotopic (exact) mass is 222 g/mol. The Morgan fingerprint density at radius 3 is 2.75 bits per heavy atom. The van der Waals surface area contributed by atoms with Crippen molar-refractivity contribution in [3.8, 4) is 5.75 Å². The fourth-order valence-electron chi connectivity index (χ4n) is 1.25. The van der Waals surface area contributed by atoms with Crippen molar-refractivity contribution < 1.29 is 13.5 Å². The molecule has 0 amide bonds. The third-order valence-electron chi connectivity index (χ3n) is 2.06. The van der Waals surface area contributed by atoms with Crippen LogP contribution in [-0.2, 0) is 6.61 Å². The predicted molar refractivity (Wildman–Crippen MR) is 54.5 cm³/mol. The Bertz CT molecular complexity index is 496. The Balaban J connectivity index is 2.02. The SMILES string of the molecule is Cc1nnc(COc2ccc(F)c(C)c2)o1. The van der Waals surface area contributed by atoms with Gasteiger partial charge in [0.2, 0.25) is 5.89 Å². The Morgan fingerprint density at radius 2 is 2.12 bits per heavy atom. The van der Waals surface area contributed by atoms with Gasteiger partial charge in [0.25, 0.3) is 5.89 Å². The van der Waals surface area contributed by atoms with E-state index < -0.39 is 0 Å². The first-order valence-corrected chi connectivity index (χ1v) is 4.83. The van der Waals surface area contributed by atoms with Crippen LogP contribution in [0.25, 0.3) is 0 Å². The van der Waals surface area contributed by atoms with Gasteiger partial charge in [0.1, 0.15) is 11.6 Å². The molecule has 0 atom stereocenters. The molecule has 1 aromatic heterocycles. The fourth-order valence-corrected chi connectivity index (χ4v) is 1.25. The van der Waals surface area contributed by atoms with Crippen molar-refractivity contribution in [3.05, 3.63) is 41.4 Å². The highest BCUT2D eigenvalue weighted by Crippen LogP contribution is 2.17. The van der Waals surface area contributed by atoms with Gasteiger partial charge >= 0.3 is 0 Å². The topological polar surface area (TPSA) is 48.2 Å². The zero-order valence-corrected chi connectivity index (χ0v) is 9.03. The van der Waals surface area contributed by atoms with E-state index in [1.54, 1.807) is 26.0 Å². The minimum Gasteiger partial charge on any atom is -0.484 e. The van der Waals surface area contributed by atoms with Crippen LogP contribution in [-0.4, -0.2) is 10.2 Å². The number of halogens is 1. The van der Waals surface area contributed by atoms with Crippen LogP contribution in [0.15, 0.2) is 22.6 Å². The minimum absolute atomic E-state index is 0.186. The molecule has 0 bridgehead atoms. The predicted octanol–water partition coefficient (Wildman–Crippen LogP) is 2.40. The first kappa shape index (κ1) is 10.6. The van der Waals surface area contributed by atoms with E-state index in [9.17, 15) is 4.39 Å². The number of aryl methyl sites for hydroxylation is 2. The summed E-state index contributed by atoms with van der Waals surface area (Å²) in [5.41, 5.74) is 0.541. The molecule has 16 heavy (non-hydrogen) atoms. The van der Waals surface area contributed by atoms with Crippen molar-refractivity contribution in [1.29, 1.82) is 0 Å². The lowest BCUT2D eigenvalue weighted by Gasteiger charge is -2.04. The van der Waals surface area contributed by atoms with E-state index in [-0.39, 0.29) is 12.4 Å². The molecule has 0 radical (unpaired) electrons. The molecule has 0 aliphatic carbocycles. The Kier molecular flexibility index (Phi) is 2.85. The van der Waals surface area contributed by atoms with Gasteiger partial charge in [-0.2, -0.15) is 0 Å². The number of hydrogen-bond donors (Lipinski definition) is 0. The zero-order chi connectivity index (χ0) is 11.5. The Hall–Kier alpha value is -1.91. The molecule has 1 heterocycles. The van der Waals surface area contributed by atoms with Gasteiger partial charge in [-0.15, -0.1) is 10.2 Å². The average molecular weight is 222 g/mol. The summed E-state index contributed by atoms with van der Waals surface area (Å²) in [4.78, 5) is 0. The highest BCUT2D eigenvalue weighted by atomic mass is 19.1. The van der Waals surface area contributed by atoms with E-state index in [4.69, 9.17) is 9.15 Å². The van der Waals surface area contributed by atoms with E-state index in [1.165, 1.54) is 6.07 Å². The second kappa shape index (κ2) is 4.30. The second-order valence-corrected chi connectivity index (χ2v) is 3.41. The molecule has 2 rings (SSSR count). The molecule has 0 fully saturated rings. The van der Waals surface area contributed by atoms with Crippen LogP contribution in [0.1, 0.15) is 17.3 Å². The molecule has 84 valence electrons. The van der Waals surface area contributed by atoms with Crippen molar-refractivity contribution in [2.45, 2.75) is 20.5 Å². The van der Waals surface area contributed by atoms with E-state index in [2.05, 4.69) is 10.2 Å². The number of hydrogen-bond acceptors (Lipinski definition) is 4. The second-order valence-electron chi connectivity index (χ2n) is 3.41. The maximum atomic E-state index is 13.0. The Labute approximate surface area is 92.1 Å². The van der Waals surface area contributed by atoms with Crippen molar-refractivity contribution in [1.82, 2.24) is 10.2 Å². The standard InChI is InChI=1S/C11H11FN2O2/c1-7-5-9(3-4-10(7)12)15-6-11-14-13-8(2)16-11/h3-5H,6H2,1-2H3. The molecular formula is C11H11FN2O2. The molecule has 1 aromatic carbocycles. The molecule has 0 unspecified atom stereocenters. The average Bonchev–Trinajstić information content (AvgIpc) is 2.66. The quantitative estimate of drug-likeness (QED) is 0.800. The van der Waals surface area contributed by atoms with Gasteiger partial charge in [0.15, 0.2) is 6.61 Å². The van der Waals surface area contributed by atoms with Gasteiger partial charge in [-0.05, 0) is 30.7 Å². The summed E-state index contributed by atoms with van der Waals surface area (Å²) in [6, 6.07) is 4.55. The molecule has 4 nitrogen and oxygen atoms in total. The summed E-state index contributed by atoms with van der Waals surface area (Å²) in [7, 11) is 0. The van der Waals surface area contributed by atoms with Crippen LogP contribution in [0.5, 0.6) is 5.75 Å². The lowest BCUT2D eigenvalue weighted by Crippen LogP contribution is -1.96. The van der Waals surface area contributed by atoms with Gasteiger partial charge in [0.05, 0.1) is 0 Å². The summed E-state index contributed by atoms with van der Waals surface area (Å²) in [6.45, 7) is 3.57. The van der Waals surface area contributed by atoms with Gasteiger partial charge in [-0.25, -0.2) is 4.39 Å². The highest BCUT2D eigenvalue weighted by molar-refractivity contribution is 5.28. The lowest BCUT2D eigenvalue weighted by molar-refractivity contribution is 0.260. The summed E-state index contributed by atoms with van der Waals surface area (Å²) in [5, 5.41) is 7.46. The minimum atomic E-state index is -0.249. The van der Waals surface area contributed by atoms with Crippen LogP contribution in [0, 0.1) is 19.7 Å². The van der Waals surface area contributed by atoms with Gasteiger partial charge in [0, 0.05) is 6.92 Å². The van der Waals surface area contributed by atoms with Gasteiger partial charge in [-0.1, -0.05) is 0 Å². The van der Waals surface area contributed by atoms with E-state index >= 15 is 0 Å². The maximum Gasteiger partial charge on any atom is 0.253 e. The van der Waals surface area contributed by atoms with Gasteiger partial charge < -0.3 is 9.15 Å². The van der Waals surface area contributed by atoms with Crippen LogP contribution in [0.2, 0.25) is 0 Å². The smallest absolute Gasteiger partial charge is 0.253 e. The number of nitrogens with zero attached hydrogens (tertiary/aromatic N) is 2. The van der Waals surface area contributed by atoms with Crippen molar-refractivity contribution in [2.75, 3.05) is 0 Å². The molecule has 2 aromatic rings. The molecule has 0 saturated carbocycles. The number of aromatic nitrogens is 2. The maximum absolute atomic E-state index is 13.0. The van der Waals surface area contributed by atoms with E-state index in [0.717, 1.165) is 0 Å². The third kappa shape index (κ3) is 2.36. The van der Waals surface area contributed by atoms with E-state index in [1.807, 2.05) is 0 Å². The summed E-state index contributed by atoms with van der Waals surface area (Å²) < 4.78 is 23.5. The van der Waals surface area contributed by atoms with Gasteiger partial charge in [-0.3, -0.25) is 0 Å². The molecule has 0 spiro atoms. The summed E-state index contributed by atoms with van der Waals surface area (Å²) in [6.07, 6.45) is 0. The highest BCUT2D eigenvalue weighted by Gasteiger charge is 2.04. The largest absolute Gasteiger partial charge is 0.484 e.